The van der Waals surface area contributed by atoms with E-state index in [1.165, 1.54) is 0 Å². The Hall–Kier alpha value is -1.79. The van der Waals surface area contributed by atoms with Gasteiger partial charge in [-0.25, -0.2) is 18.0 Å². The molecule has 0 aliphatic rings. The van der Waals surface area contributed by atoms with Crippen molar-refractivity contribution in [2.75, 3.05) is 40.1 Å². The van der Waals surface area contributed by atoms with Crippen molar-refractivity contribution in [2.45, 2.75) is 0 Å². The highest BCUT2D eigenvalue weighted by Gasteiger charge is 2.08. The van der Waals surface area contributed by atoms with Gasteiger partial charge in [0.25, 0.3) is 0 Å². The Morgan fingerprint density at radius 2 is 1.48 bits per heavy atom. The fourth-order valence-electron chi connectivity index (χ4n) is 0.993. The molecule has 10 nitrogen and oxygen atoms in total. The number of hydrogen-bond donors (Lipinski definition) is 2. The molecule has 0 rings (SSSR count). The highest BCUT2D eigenvalue weighted by atomic mass is 32.3. The number of aliphatic hydroxyl groups is 1. The van der Waals surface area contributed by atoms with Gasteiger partial charge in [-0.1, -0.05) is 13.2 Å². The van der Waals surface area contributed by atoms with Crippen LogP contribution >= 0.6 is 0 Å². The van der Waals surface area contributed by atoms with Crippen LogP contribution in [-0.4, -0.2) is 70.2 Å². The summed E-state index contributed by atoms with van der Waals surface area (Å²) in [5, 5.41) is 9.01. The summed E-state index contributed by atoms with van der Waals surface area (Å²) >= 11 is 0. The van der Waals surface area contributed by atoms with E-state index in [9.17, 15) is 22.6 Å². The van der Waals surface area contributed by atoms with Crippen molar-refractivity contribution in [3.63, 3.8) is 0 Å². The fraction of sp³-hybridized carbons (Fsp3) is 0.500. The minimum absolute atomic E-state index is 0.128. The van der Waals surface area contributed by atoms with E-state index in [1.54, 1.807) is 0 Å². The standard InChI is InChI=1S/C11H17NO5.CH4O4S/c1-3-10(14)16-7-5-12(9-13)6-8-17-11(15)4-2;1-5-6(2,3)4/h3-4,13H,1-2,5-9H2;1H3,(H,2,3,4). The molecule has 0 radical (unpaired) electrons. The van der Waals surface area contributed by atoms with E-state index in [1.807, 2.05) is 0 Å². The highest BCUT2D eigenvalue weighted by Crippen LogP contribution is 1.77. The number of carbonyl (C=O) groups is 2. The van der Waals surface area contributed by atoms with Gasteiger partial charge in [0.15, 0.2) is 6.73 Å². The van der Waals surface area contributed by atoms with Crippen LogP contribution in [0.2, 0.25) is 0 Å². The number of carbonyl (C=O) groups excluding carboxylic acids is 2. The molecule has 0 unspecified atom stereocenters. The number of ether oxygens (including phenoxy) is 2. The van der Waals surface area contributed by atoms with Crippen LogP contribution in [0.5, 0.6) is 0 Å². The Kier molecular flexibility index (Phi) is 14.1. The Morgan fingerprint density at radius 3 is 1.70 bits per heavy atom. The maximum atomic E-state index is 10.7. The van der Waals surface area contributed by atoms with E-state index < -0.39 is 22.3 Å². The van der Waals surface area contributed by atoms with Gasteiger partial charge in [0.1, 0.15) is 26.3 Å². The molecule has 0 fully saturated rings. The summed E-state index contributed by atoms with van der Waals surface area (Å²) in [6.07, 6.45) is 2.15. The van der Waals surface area contributed by atoms with Gasteiger partial charge in [0.05, 0.1) is 7.11 Å². The van der Waals surface area contributed by atoms with E-state index in [0.29, 0.717) is 13.1 Å². The normalized spacial score (nSPS) is 10.3. The highest BCUT2D eigenvalue weighted by molar-refractivity contribution is 7.80. The van der Waals surface area contributed by atoms with Crippen molar-refractivity contribution in [3.05, 3.63) is 25.3 Å². The molecule has 0 aliphatic heterocycles. The molecule has 0 aromatic carbocycles. The Morgan fingerprint density at radius 1 is 1.13 bits per heavy atom. The van der Waals surface area contributed by atoms with Gasteiger partial charge in [-0.05, 0) is 0 Å². The molecule has 0 bridgehead atoms. The zero-order chi connectivity index (χ0) is 18.3. The number of rotatable bonds is 10. The average molecular weight is 355 g/mol. The molecule has 2 N–H and O–H groups in total. The molecule has 11 heteroatoms. The molecular weight excluding hydrogens is 334 g/mol. The topological polar surface area (TPSA) is 144 Å². The molecule has 0 amide bonds. The van der Waals surface area contributed by atoms with E-state index in [-0.39, 0.29) is 19.9 Å². The van der Waals surface area contributed by atoms with Crippen molar-refractivity contribution in [1.29, 1.82) is 0 Å². The molecule has 0 aromatic heterocycles. The predicted molar refractivity (Wildman–Crippen MR) is 76.8 cm³/mol. The van der Waals surface area contributed by atoms with E-state index in [0.717, 1.165) is 24.2 Å². The number of hydrogen-bond acceptors (Lipinski definition) is 9. The molecule has 0 atom stereocenters. The summed E-state index contributed by atoms with van der Waals surface area (Å²) in [6, 6.07) is 0. The summed E-state index contributed by atoms with van der Waals surface area (Å²) in [7, 11) is -3.60. The number of aliphatic hydroxyl groups excluding tert-OH is 1. The first kappa shape index (κ1) is 23.5. The molecule has 134 valence electrons. The zero-order valence-corrected chi connectivity index (χ0v) is 13.5. The third-order valence-corrected chi connectivity index (χ3v) is 2.57. The van der Waals surface area contributed by atoms with Crippen LogP contribution in [0.25, 0.3) is 0 Å². The quantitative estimate of drug-likeness (QED) is 0.141. The van der Waals surface area contributed by atoms with Crippen LogP contribution in [0.15, 0.2) is 25.3 Å². The number of nitrogens with one attached hydrogen (secondary N) is 1. The molecule has 0 aliphatic carbocycles. The van der Waals surface area contributed by atoms with Gasteiger partial charge < -0.3 is 24.0 Å². The third-order valence-electron chi connectivity index (χ3n) is 2.16. The summed E-state index contributed by atoms with van der Waals surface area (Å²) in [6.45, 7) is 7.61. The second-order valence-corrected chi connectivity index (χ2v) is 4.88. The minimum atomic E-state index is -4.41. The first-order valence-corrected chi connectivity index (χ1v) is 7.57. The first-order chi connectivity index (χ1) is 10.7. The van der Waals surface area contributed by atoms with E-state index in [2.05, 4.69) is 17.3 Å². The van der Waals surface area contributed by atoms with Crippen molar-refractivity contribution in [3.8, 4) is 0 Å². The van der Waals surface area contributed by atoms with Crippen LogP contribution in [0.4, 0.5) is 0 Å². The first-order valence-electron chi connectivity index (χ1n) is 6.24. The molecule has 0 heterocycles. The SMILES string of the molecule is C=CC(=O)OCC[NH+](CO)CCOC(=O)C=C.COS(=O)(=O)[O-]. The van der Waals surface area contributed by atoms with E-state index >= 15 is 0 Å². The fourth-order valence-corrected chi connectivity index (χ4v) is 0.993. The summed E-state index contributed by atoms with van der Waals surface area (Å²) in [4.78, 5) is 22.2. The number of esters is 2. The summed E-state index contributed by atoms with van der Waals surface area (Å²) in [5.74, 6) is -0.999. The van der Waals surface area contributed by atoms with Crippen LogP contribution in [0.3, 0.4) is 0 Å². The van der Waals surface area contributed by atoms with Gasteiger partial charge in [0, 0.05) is 12.2 Å². The predicted octanol–water partition coefficient (Wildman–Crippen LogP) is -2.63. The average Bonchev–Trinajstić information content (AvgIpc) is 2.52. The second kappa shape index (κ2) is 13.8. The van der Waals surface area contributed by atoms with Gasteiger partial charge >= 0.3 is 11.9 Å². The van der Waals surface area contributed by atoms with Gasteiger partial charge in [-0.2, -0.15) is 0 Å². The summed E-state index contributed by atoms with van der Waals surface area (Å²) in [5.41, 5.74) is 0. The van der Waals surface area contributed by atoms with Crippen molar-refractivity contribution in [1.82, 2.24) is 0 Å². The van der Waals surface area contributed by atoms with Crippen molar-refractivity contribution >= 4 is 22.3 Å². The van der Waals surface area contributed by atoms with Crippen LogP contribution in [0.1, 0.15) is 0 Å². The molecule has 0 saturated carbocycles. The molecule has 0 saturated heterocycles. The van der Waals surface area contributed by atoms with Crippen LogP contribution in [0, 0.1) is 0 Å². The van der Waals surface area contributed by atoms with Crippen molar-refractivity contribution < 1.29 is 46.2 Å². The van der Waals surface area contributed by atoms with Crippen LogP contribution in [-0.2, 0) is 33.6 Å². The molecule has 0 spiro atoms. The molecule has 0 aromatic rings. The Balaban J connectivity index is 0. The minimum Gasteiger partial charge on any atom is -0.726 e. The van der Waals surface area contributed by atoms with Crippen molar-refractivity contribution in [2.24, 2.45) is 0 Å². The lowest BCUT2D eigenvalue weighted by molar-refractivity contribution is -0.919. The third kappa shape index (κ3) is 18.2. The van der Waals surface area contributed by atoms with Crippen LogP contribution < -0.4 is 4.90 Å². The Labute approximate surface area is 134 Å². The largest absolute Gasteiger partial charge is 0.726 e. The summed E-state index contributed by atoms with van der Waals surface area (Å²) < 4.78 is 40.5. The smallest absolute Gasteiger partial charge is 0.330 e. The number of quaternary nitrogens is 1. The molecule has 23 heavy (non-hydrogen) atoms. The maximum absolute atomic E-state index is 10.7. The van der Waals surface area contributed by atoms with Gasteiger partial charge in [0.2, 0.25) is 10.4 Å². The lowest BCUT2D eigenvalue weighted by Gasteiger charge is -2.15. The van der Waals surface area contributed by atoms with Gasteiger partial charge in [-0.15, -0.1) is 0 Å². The zero-order valence-electron chi connectivity index (χ0n) is 12.7. The maximum Gasteiger partial charge on any atom is 0.330 e. The lowest BCUT2D eigenvalue weighted by atomic mass is 10.5. The second-order valence-electron chi connectivity index (χ2n) is 3.73. The van der Waals surface area contributed by atoms with Gasteiger partial charge in [-0.3, -0.25) is 4.18 Å². The Bertz CT molecular complexity index is 449. The molecular formula is C12H21NO9S. The van der Waals surface area contributed by atoms with E-state index in [4.69, 9.17) is 14.6 Å². The lowest BCUT2D eigenvalue weighted by Crippen LogP contribution is -3.13. The monoisotopic (exact) mass is 355 g/mol.